The van der Waals surface area contributed by atoms with Gasteiger partial charge in [0.15, 0.2) is 0 Å². The van der Waals surface area contributed by atoms with Crippen molar-refractivity contribution in [3.8, 4) is 33.8 Å². The molecule has 0 aliphatic heterocycles. The van der Waals surface area contributed by atoms with Crippen LogP contribution in [0.4, 0.5) is 0 Å². The molecule has 0 bridgehead atoms. The van der Waals surface area contributed by atoms with Crippen LogP contribution in [0.3, 0.4) is 0 Å². The van der Waals surface area contributed by atoms with Crippen LogP contribution in [0.5, 0.6) is 11.5 Å². The lowest BCUT2D eigenvalue weighted by Crippen LogP contribution is -2.12. The van der Waals surface area contributed by atoms with Gasteiger partial charge in [-0.25, -0.2) is 13.2 Å². The maximum absolute atomic E-state index is 12.7. The van der Waals surface area contributed by atoms with Crippen LogP contribution in [0.2, 0.25) is 0 Å². The number of phenolic OH excluding ortho intramolecular Hbond substituents is 1. The first-order valence-electron chi connectivity index (χ1n) is 11.8. The van der Waals surface area contributed by atoms with E-state index in [1.165, 1.54) is 18.2 Å². The highest BCUT2D eigenvalue weighted by Gasteiger charge is 2.21. The molecule has 1 N–H and O–H groups in total. The molecule has 0 heterocycles. The van der Waals surface area contributed by atoms with Crippen molar-refractivity contribution in [1.29, 1.82) is 0 Å². The highest BCUT2D eigenvalue weighted by molar-refractivity contribution is 14.1. The second kappa shape index (κ2) is 13.1. The molecule has 40 heavy (non-hydrogen) atoms. The van der Waals surface area contributed by atoms with E-state index in [-0.39, 0.29) is 47.6 Å². The summed E-state index contributed by atoms with van der Waals surface area (Å²) in [4.78, 5) is 24.6. The van der Waals surface area contributed by atoms with Gasteiger partial charge in [-0.1, -0.05) is 60.7 Å². The monoisotopic (exact) mass is 783 g/mol. The van der Waals surface area contributed by atoms with Gasteiger partial charge in [0.2, 0.25) is 0 Å². The Balaban J connectivity index is 1.54. The van der Waals surface area contributed by atoms with Crippen molar-refractivity contribution in [2.75, 3.05) is 6.61 Å². The minimum Gasteiger partial charge on any atom is -0.744 e. The van der Waals surface area contributed by atoms with E-state index < -0.39 is 27.0 Å². The summed E-state index contributed by atoms with van der Waals surface area (Å²) in [7, 11) is -4.92. The Kier molecular flexibility index (Phi) is 9.81. The number of ether oxygens (including phenoxy) is 2. The largest absolute Gasteiger partial charge is 0.744 e. The fourth-order valence-corrected chi connectivity index (χ4v) is 6.70. The summed E-state index contributed by atoms with van der Waals surface area (Å²) in [6.45, 7) is -0.0900. The van der Waals surface area contributed by atoms with Crippen molar-refractivity contribution in [2.45, 2.75) is 17.7 Å². The average molecular weight is 783 g/mol. The lowest BCUT2D eigenvalue weighted by molar-refractivity contribution is -0.134. The molecule has 4 aromatic carbocycles. The van der Waals surface area contributed by atoms with Crippen LogP contribution in [-0.4, -0.2) is 36.6 Å². The van der Waals surface area contributed by atoms with Gasteiger partial charge >= 0.3 is 11.9 Å². The quantitative estimate of drug-likeness (QED) is 0.0681. The molecule has 0 aromatic heterocycles. The molecule has 0 unspecified atom stereocenters. The van der Waals surface area contributed by atoms with Crippen LogP contribution in [0, 0.1) is 7.14 Å². The molecule has 0 aliphatic rings. The Morgan fingerprint density at radius 1 is 0.850 bits per heavy atom. The van der Waals surface area contributed by atoms with Gasteiger partial charge in [-0.3, -0.25) is 4.79 Å². The number of benzene rings is 4. The minimum absolute atomic E-state index is 0.0363. The number of halogens is 2. The van der Waals surface area contributed by atoms with Crippen molar-refractivity contribution >= 4 is 67.2 Å². The van der Waals surface area contributed by atoms with Crippen LogP contribution < -0.4 is 4.74 Å². The number of carbonyl (C=O) groups excluding carboxylic acids is 2. The molecule has 4 aromatic rings. The fourth-order valence-electron chi connectivity index (χ4n) is 3.96. The zero-order chi connectivity index (χ0) is 28.9. The van der Waals surface area contributed by atoms with Crippen LogP contribution >= 0.6 is 45.2 Å². The summed E-state index contributed by atoms with van der Waals surface area (Å²) in [6, 6.07) is 22.9. The molecule has 0 radical (unpaired) electrons. The Bertz CT molecular complexity index is 1600. The van der Waals surface area contributed by atoms with E-state index in [9.17, 15) is 27.7 Å². The van der Waals surface area contributed by atoms with E-state index in [4.69, 9.17) is 9.47 Å². The first-order valence-corrected chi connectivity index (χ1v) is 15.4. The standard InChI is InChI=1S/C29H22I2O8S/c30-20-14-24(27(33)25(31)15-20)29(34)38-13-7-12-26(32)39-21-16-22(18-8-3-1-4-9-18)28(40(35,36)37)23(17-21)19-10-5-2-6-11-19/h1-6,8-11,14-17,33H,7,12-13H2,(H,35,36,37)/p-1. The lowest BCUT2D eigenvalue weighted by Gasteiger charge is -2.20. The second-order valence-electron chi connectivity index (χ2n) is 8.53. The van der Waals surface area contributed by atoms with Gasteiger partial charge in [0.1, 0.15) is 27.2 Å². The first kappa shape index (κ1) is 30.0. The zero-order valence-electron chi connectivity index (χ0n) is 20.7. The van der Waals surface area contributed by atoms with Gasteiger partial charge in [-0.15, -0.1) is 0 Å². The number of hydrogen-bond acceptors (Lipinski definition) is 8. The number of hydrogen-bond donors (Lipinski definition) is 1. The van der Waals surface area contributed by atoms with Crippen LogP contribution in [0.25, 0.3) is 22.3 Å². The van der Waals surface area contributed by atoms with Gasteiger partial charge in [-0.2, -0.15) is 0 Å². The van der Waals surface area contributed by atoms with Crippen molar-refractivity contribution in [1.82, 2.24) is 0 Å². The fraction of sp³-hybridized carbons (Fsp3) is 0.103. The van der Waals surface area contributed by atoms with Gasteiger partial charge in [-0.05, 0) is 87.0 Å². The van der Waals surface area contributed by atoms with E-state index in [2.05, 4.69) is 0 Å². The van der Waals surface area contributed by atoms with Gasteiger partial charge in [0.05, 0.1) is 15.1 Å². The Labute approximate surface area is 258 Å². The summed E-state index contributed by atoms with van der Waals surface area (Å²) in [5.41, 5.74) is 1.19. The molecule has 0 fully saturated rings. The molecular formula is C29H21I2O8S-. The van der Waals surface area contributed by atoms with Gasteiger partial charge in [0.25, 0.3) is 0 Å². The number of rotatable bonds is 9. The molecule has 4 rings (SSSR count). The maximum atomic E-state index is 12.7. The molecule has 11 heteroatoms. The molecule has 0 spiro atoms. The van der Waals surface area contributed by atoms with E-state index >= 15 is 0 Å². The van der Waals surface area contributed by atoms with Crippen molar-refractivity contribution < 1.29 is 37.1 Å². The SMILES string of the molecule is O=C(CCCOC(=O)c1cc(I)cc(I)c1O)Oc1cc(-c2ccccc2)c(S(=O)(=O)[O-])c(-c2ccccc2)c1. The van der Waals surface area contributed by atoms with E-state index in [1.54, 1.807) is 66.7 Å². The normalized spacial score (nSPS) is 11.2. The summed E-state index contributed by atoms with van der Waals surface area (Å²) >= 11 is 3.94. The summed E-state index contributed by atoms with van der Waals surface area (Å²) in [5, 5.41) is 10.1. The molecule has 0 atom stereocenters. The highest BCUT2D eigenvalue weighted by Crippen LogP contribution is 2.39. The van der Waals surface area contributed by atoms with Crippen LogP contribution in [0.15, 0.2) is 89.8 Å². The molecule has 206 valence electrons. The summed E-state index contributed by atoms with van der Waals surface area (Å²) < 4.78 is 49.3. The highest BCUT2D eigenvalue weighted by atomic mass is 127. The van der Waals surface area contributed by atoms with Gasteiger partial charge < -0.3 is 19.1 Å². The topological polar surface area (TPSA) is 130 Å². The third-order valence-electron chi connectivity index (χ3n) is 5.72. The number of phenols is 1. The van der Waals surface area contributed by atoms with Crippen LogP contribution in [0.1, 0.15) is 23.2 Å². The van der Waals surface area contributed by atoms with E-state index in [0.717, 1.165) is 3.57 Å². The molecule has 0 saturated carbocycles. The molecule has 0 aliphatic carbocycles. The van der Waals surface area contributed by atoms with Crippen molar-refractivity contribution in [3.63, 3.8) is 0 Å². The molecule has 0 amide bonds. The molecular weight excluding hydrogens is 762 g/mol. The predicted octanol–water partition coefficient (Wildman–Crippen LogP) is 6.38. The van der Waals surface area contributed by atoms with Gasteiger partial charge in [0, 0.05) is 21.1 Å². The number of aromatic hydroxyl groups is 1. The maximum Gasteiger partial charge on any atom is 0.341 e. The molecule has 8 nitrogen and oxygen atoms in total. The summed E-state index contributed by atoms with van der Waals surface area (Å²) in [5.74, 6) is -1.46. The van der Waals surface area contributed by atoms with Crippen molar-refractivity contribution in [3.05, 3.63) is 97.6 Å². The van der Waals surface area contributed by atoms with E-state index in [0.29, 0.717) is 14.7 Å². The summed E-state index contributed by atoms with van der Waals surface area (Å²) in [6.07, 6.45) is 0.0442. The Morgan fingerprint density at radius 2 is 1.40 bits per heavy atom. The average Bonchev–Trinajstić information content (AvgIpc) is 2.93. The minimum atomic E-state index is -4.92. The number of carbonyl (C=O) groups is 2. The van der Waals surface area contributed by atoms with Crippen LogP contribution in [-0.2, 0) is 19.6 Å². The van der Waals surface area contributed by atoms with E-state index in [1.807, 2.05) is 45.2 Å². The zero-order valence-corrected chi connectivity index (χ0v) is 25.8. The number of esters is 2. The molecule has 0 saturated heterocycles. The smallest absolute Gasteiger partial charge is 0.341 e. The first-order chi connectivity index (χ1) is 19.0. The Hall–Kier alpha value is -3.01. The lowest BCUT2D eigenvalue weighted by atomic mass is 9.98. The predicted molar refractivity (Wildman–Crippen MR) is 164 cm³/mol. The Morgan fingerprint density at radius 3 is 1.93 bits per heavy atom. The third kappa shape index (κ3) is 7.38. The second-order valence-corrected chi connectivity index (χ2v) is 12.3. The third-order valence-corrected chi connectivity index (χ3v) is 8.11. The van der Waals surface area contributed by atoms with Crippen molar-refractivity contribution in [2.24, 2.45) is 0 Å².